The standard InChI is InChI=1S/C8H14O3/c1-2-3-6-4-8(10)11-7(6)5-9/h6-7,9H,2-5H2,1H3/t6-,7+/m0/s1. The van der Waals surface area contributed by atoms with Crippen LogP contribution < -0.4 is 0 Å². The van der Waals surface area contributed by atoms with Gasteiger partial charge in [0.2, 0.25) is 0 Å². The highest BCUT2D eigenvalue weighted by atomic mass is 16.6. The van der Waals surface area contributed by atoms with Gasteiger partial charge in [-0.3, -0.25) is 4.79 Å². The summed E-state index contributed by atoms with van der Waals surface area (Å²) < 4.78 is 4.89. The van der Waals surface area contributed by atoms with E-state index in [9.17, 15) is 4.79 Å². The second-order valence-electron chi connectivity index (χ2n) is 2.96. The van der Waals surface area contributed by atoms with Crippen LogP contribution in [0.1, 0.15) is 26.2 Å². The van der Waals surface area contributed by atoms with Gasteiger partial charge >= 0.3 is 5.97 Å². The molecule has 2 atom stereocenters. The summed E-state index contributed by atoms with van der Waals surface area (Å²) in [5, 5.41) is 8.80. The highest BCUT2D eigenvalue weighted by molar-refractivity contribution is 5.72. The zero-order valence-corrected chi connectivity index (χ0v) is 6.75. The third-order valence-electron chi connectivity index (χ3n) is 2.08. The molecule has 1 aliphatic heterocycles. The molecule has 0 aromatic heterocycles. The van der Waals surface area contributed by atoms with Crippen LogP contribution in [-0.4, -0.2) is 23.8 Å². The van der Waals surface area contributed by atoms with Gasteiger partial charge in [0.25, 0.3) is 0 Å². The molecule has 0 spiro atoms. The van der Waals surface area contributed by atoms with Gasteiger partial charge in [0, 0.05) is 5.92 Å². The van der Waals surface area contributed by atoms with Crippen molar-refractivity contribution in [1.82, 2.24) is 0 Å². The molecule has 3 nitrogen and oxygen atoms in total. The van der Waals surface area contributed by atoms with Crippen molar-refractivity contribution >= 4 is 5.97 Å². The summed E-state index contributed by atoms with van der Waals surface area (Å²) in [4.78, 5) is 10.8. The van der Waals surface area contributed by atoms with Gasteiger partial charge in [-0.1, -0.05) is 13.3 Å². The summed E-state index contributed by atoms with van der Waals surface area (Å²) in [5.74, 6) is 0.0833. The number of esters is 1. The van der Waals surface area contributed by atoms with Crippen molar-refractivity contribution in [2.75, 3.05) is 6.61 Å². The average molecular weight is 158 g/mol. The highest BCUT2D eigenvalue weighted by Gasteiger charge is 2.33. The molecule has 1 aliphatic rings. The Bertz CT molecular complexity index is 144. The van der Waals surface area contributed by atoms with Crippen LogP contribution in [0.2, 0.25) is 0 Å². The number of ether oxygens (including phenoxy) is 1. The molecule has 1 fully saturated rings. The fourth-order valence-corrected chi connectivity index (χ4v) is 1.50. The molecule has 11 heavy (non-hydrogen) atoms. The molecule has 0 aromatic rings. The Kier molecular flexibility index (Phi) is 2.88. The first-order valence-electron chi connectivity index (χ1n) is 4.08. The summed E-state index contributed by atoms with van der Waals surface area (Å²) in [6.07, 6.45) is 2.26. The number of rotatable bonds is 3. The number of hydrogen-bond acceptors (Lipinski definition) is 3. The Balaban J connectivity index is 2.43. The lowest BCUT2D eigenvalue weighted by Gasteiger charge is -2.12. The van der Waals surface area contributed by atoms with Gasteiger partial charge in [-0.15, -0.1) is 0 Å². The van der Waals surface area contributed by atoms with Crippen molar-refractivity contribution in [2.24, 2.45) is 5.92 Å². The largest absolute Gasteiger partial charge is 0.460 e. The first kappa shape index (κ1) is 8.53. The van der Waals surface area contributed by atoms with Gasteiger partial charge in [-0.05, 0) is 6.42 Å². The van der Waals surface area contributed by atoms with E-state index < -0.39 is 0 Å². The second kappa shape index (κ2) is 3.72. The number of hydrogen-bond donors (Lipinski definition) is 1. The lowest BCUT2D eigenvalue weighted by molar-refractivity contribution is -0.142. The Morgan fingerprint density at radius 1 is 1.73 bits per heavy atom. The molecule has 1 heterocycles. The van der Waals surface area contributed by atoms with Gasteiger partial charge in [-0.2, -0.15) is 0 Å². The molecule has 1 saturated heterocycles. The van der Waals surface area contributed by atoms with E-state index in [1.54, 1.807) is 0 Å². The fraction of sp³-hybridized carbons (Fsp3) is 0.875. The van der Waals surface area contributed by atoms with Crippen LogP contribution in [0.3, 0.4) is 0 Å². The summed E-state index contributed by atoms with van der Waals surface area (Å²) in [5.41, 5.74) is 0. The van der Waals surface area contributed by atoms with Crippen LogP contribution in [0.25, 0.3) is 0 Å². The fourth-order valence-electron chi connectivity index (χ4n) is 1.50. The molecule has 0 aromatic carbocycles. The second-order valence-corrected chi connectivity index (χ2v) is 2.96. The first-order valence-corrected chi connectivity index (χ1v) is 4.08. The van der Waals surface area contributed by atoms with Gasteiger partial charge in [0.05, 0.1) is 13.0 Å². The summed E-state index contributed by atoms with van der Waals surface area (Å²) in [7, 11) is 0. The van der Waals surface area contributed by atoms with Crippen LogP contribution >= 0.6 is 0 Å². The topological polar surface area (TPSA) is 46.5 Å². The van der Waals surface area contributed by atoms with E-state index in [1.807, 2.05) is 0 Å². The van der Waals surface area contributed by atoms with Crippen molar-refractivity contribution in [3.8, 4) is 0 Å². The number of aliphatic hydroxyl groups excluding tert-OH is 1. The molecule has 1 N–H and O–H groups in total. The van der Waals surface area contributed by atoms with Crippen molar-refractivity contribution < 1.29 is 14.6 Å². The zero-order chi connectivity index (χ0) is 8.27. The maximum absolute atomic E-state index is 10.8. The third-order valence-corrected chi connectivity index (χ3v) is 2.08. The minimum absolute atomic E-state index is 0.0313. The molecule has 0 amide bonds. The molecule has 0 bridgehead atoms. The van der Waals surface area contributed by atoms with Crippen LogP contribution in [0.5, 0.6) is 0 Å². The lowest BCUT2D eigenvalue weighted by Crippen LogP contribution is -2.20. The normalized spacial score (nSPS) is 30.5. The molecule has 64 valence electrons. The lowest BCUT2D eigenvalue weighted by atomic mass is 9.97. The van der Waals surface area contributed by atoms with Crippen LogP contribution in [0, 0.1) is 5.92 Å². The summed E-state index contributed by atoms with van der Waals surface area (Å²) in [6, 6.07) is 0. The summed E-state index contributed by atoms with van der Waals surface area (Å²) in [6.45, 7) is 2.04. The van der Waals surface area contributed by atoms with E-state index in [1.165, 1.54) is 0 Å². The van der Waals surface area contributed by atoms with Crippen molar-refractivity contribution in [3.63, 3.8) is 0 Å². The van der Waals surface area contributed by atoms with Gasteiger partial charge < -0.3 is 9.84 Å². The van der Waals surface area contributed by atoms with Crippen LogP contribution in [0.4, 0.5) is 0 Å². The molecule has 0 unspecified atom stereocenters. The molecular formula is C8H14O3. The van der Waals surface area contributed by atoms with E-state index in [4.69, 9.17) is 9.84 Å². The van der Waals surface area contributed by atoms with Crippen molar-refractivity contribution in [2.45, 2.75) is 32.3 Å². The van der Waals surface area contributed by atoms with E-state index in [-0.39, 0.29) is 24.6 Å². The molecule has 0 aliphatic carbocycles. The molecule has 1 rings (SSSR count). The van der Waals surface area contributed by atoms with Crippen LogP contribution in [0.15, 0.2) is 0 Å². The molecule has 0 radical (unpaired) electrons. The van der Waals surface area contributed by atoms with Gasteiger partial charge in [0.15, 0.2) is 0 Å². The maximum atomic E-state index is 10.8. The Morgan fingerprint density at radius 3 is 3.00 bits per heavy atom. The number of carbonyl (C=O) groups is 1. The minimum atomic E-state index is -0.234. The quantitative estimate of drug-likeness (QED) is 0.615. The predicted molar refractivity (Wildman–Crippen MR) is 40.0 cm³/mol. The van der Waals surface area contributed by atoms with Crippen LogP contribution in [-0.2, 0) is 9.53 Å². The highest BCUT2D eigenvalue weighted by Crippen LogP contribution is 2.25. The minimum Gasteiger partial charge on any atom is -0.460 e. The smallest absolute Gasteiger partial charge is 0.306 e. The Labute approximate surface area is 66.4 Å². The van der Waals surface area contributed by atoms with Crippen molar-refractivity contribution in [1.29, 1.82) is 0 Å². The third kappa shape index (κ3) is 1.93. The molecule has 0 saturated carbocycles. The number of cyclic esters (lactones) is 1. The number of carbonyl (C=O) groups excluding carboxylic acids is 1. The zero-order valence-electron chi connectivity index (χ0n) is 6.75. The van der Waals surface area contributed by atoms with Gasteiger partial charge in [-0.25, -0.2) is 0 Å². The Hall–Kier alpha value is -0.570. The number of aliphatic hydroxyl groups is 1. The maximum Gasteiger partial charge on any atom is 0.306 e. The van der Waals surface area contributed by atoms with E-state index in [2.05, 4.69) is 6.92 Å². The van der Waals surface area contributed by atoms with E-state index in [0.29, 0.717) is 6.42 Å². The van der Waals surface area contributed by atoms with E-state index in [0.717, 1.165) is 12.8 Å². The van der Waals surface area contributed by atoms with E-state index >= 15 is 0 Å². The molecule has 3 heteroatoms. The predicted octanol–water partition coefficient (Wildman–Crippen LogP) is 0.710. The average Bonchev–Trinajstić information content (AvgIpc) is 2.32. The van der Waals surface area contributed by atoms with Crippen molar-refractivity contribution in [3.05, 3.63) is 0 Å². The molecular weight excluding hydrogens is 144 g/mol. The van der Waals surface area contributed by atoms with Gasteiger partial charge in [0.1, 0.15) is 6.10 Å². The monoisotopic (exact) mass is 158 g/mol. The first-order chi connectivity index (χ1) is 5.27. The SMILES string of the molecule is CCC[C@H]1CC(=O)O[C@@H]1CO. The summed E-state index contributed by atoms with van der Waals surface area (Å²) >= 11 is 0. The Morgan fingerprint density at radius 2 is 2.45 bits per heavy atom.